The van der Waals surface area contributed by atoms with Gasteiger partial charge in [0.05, 0.1) is 5.75 Å². The smallest absolute Gasteiger partial charge is 0.242 e. The van der Waals surface area contributed by atoms with Gasteiger partial charge in [-0.15, -0.1) is 11.8 Å². The third-order valence-electron chi connectivity index (χ3n) is 4.54. The molecule has 2 aromatic carbocycles. The molecule has 0 saturated heterocycles. The zero-order valence-corrected chi connectivity index (χ0v) is 18.6. The first kappa shape index (κ1) is 23.3. The molecule has 0 aliphatic heterocycles. The molecule has 29 heavy (non-hydrogen) atoms. The van der Waals surface area contributed by atoms with Gasteiger partial charge < -0.3 is 10.2 Å². The fraction of sp³-hybridized carbons (Fsp3) is 0.391. The highest BCUT2D eigenvalue weighted by molar-refractivity contribution is 7.99. The first-order valence-electron chi connectivity index (χ1n) is 9.98. The van der Waals surface area contributed by atoms with Crippen LogP contribution in [0.15, 0.2) is 54.6 Å². The summed E-state index contributed by atoms with van der Waals surface area (Å²) >= 11 is 7.56. The molecule has 0 spiro atoms. The minimum atomic E-state index is -0.484. The summed E-state index contributed by atoms with van der Waals surface area (Å²) in [7, 11) is 0. The predicted molar refractivity (Wildman–Crippen MR) is 122 cm³/mol. The Morgan fingerprint density at radius 1 is 1.03 bits per heavy atom. The predicted octanol–water partition coefficient (Wildman–Crippen LogP) is 4.91. The van der Waals surface area contributed by atoms with Gasteiger partial charge in [-0.05, 0) is 36.1 Å². The number of hydrogen-bond acceptors (Lipinski definition) is 3. The number of halogens is 1. The van der Waals surface area contributed by atoms with Crippen LogP contribution in [0.2, 0.25) is 5.02 Å². The van der Waals surface area contributed by atoms with E-state index in [2.05, 4.69) is 17.4 Å². The van der Waals surface area contributed by atoms with Gasteiger partial charge in [-0.3, -0.25) is 9.59 Å². The van der Waals surface area contributed by atoms with Gasteiger partial charge >= 0.3 is 0 Å². The second kappa shape index (κ2) is 12.6. The van der Waals surface area contributed by atoms with Crippen LogP contribution in [-0.4, -0.2) is 35.1 Å². The summed E-state index contributed by atoms with van der Waals surface area (Å²) in [5, 5.41) is 3.59. The van der Waals surface area contributed by atoms with Gasteiger partial charge in [-0.1, -0.05) is 67.9 Å². The Morgan fingerprint density at radius 2 is 1.72 bits per heavy atom. The molecular formula is C23H29ClN2O2S. The molecule has 0 heterocycles. The van der Waals surface area contributed by atoms with Crippen LogP contribution in [0.4, 0.5) is 0 Å². The van der Waals surface area contributed by atoms with Crippen molar-refractivity contribution in [1.29, 1.82) is 0 Å². The van der Waals surface area contributed by atoms with Crippen LogP contribution in [0.5, 0.6) is 0 Å². The molecule has 0 radical (unpaired) electrons. The van der Waals surface area contributed by atoms with Crippen LogP contribution in [0.3, 0.4) is 0 Å². The fourth-order valence-electron chi connectivity index (χ4n) is 2.99. The summed E-state index contributed by atoms with van der Waals surface area (Å²) in [4.78, 5) is 27.5. The standard InChI is InChI=1S/C23H29ClN2O2S/c1-3-14-25-23(28)21(4-2)26(15-18-10-12-20(24)13-11-18)22(27)17-29-16-19-8-6-5-7-9-19/h5-13,21H,3-4,14-17H2,1-2H3,(H,25,28)/t21-/m0/s1. The highest BCUT2D eigenvalue weighted by Gasteiger charge is 2.28. The largest absolute Gasteiger partial charge is 0.354 e. The number of amides is 2. The topological polar surface area (TPSA) is 49.4 Å². The van der Waals surface area contributed by atoms with E-state index in [1.54, 1.807) is 16.7 Å². The molecule has 0 unspecified atom stereocenters. The van der Waals surface area contributed by atoms with E-state index in [9.17, 15) is 9.59 Å². The molecule has 1 N–H and O–H groups in total. The highest BCUT2D eigenvalue weighted by atomic mass is 35.5. The molecule has 2 rings (SSSR count). The molecule has 1 atom stereocenters. The van der Waals surface area contributed by atoms with E-state index in [1.165, 1.54) is 5.56 Å². The molecule has 0 bridgehead atoms. The molecule has 0 saturated carbocycles. The van der Waals surface area contributed by atoms with Gasteiger partial charge in [-0.2, -0.15) is 0 Å². The highest BCUT2D eigenvalue weighted by Crippen LogP contribution is 2.18. The van der Waals surface area contributed by atoms with E-state index >= 15 is 0 Å². The Morgan fingerprint density at radius 3 is 2.34 bits per heavy atom. The summed E-state index contributed by atoms with van der Waals surface area (Å²) in [5.41, 5.74) is 2.14. The number of benzene rings is 2. The van der Waals surface area contributed by atoms with Crippen LogP contribution in [0, 0.1) is 0 Å². The Bertz CT molecular complexity index is 768. The first-order valence-corrected chi connectivity index (χ1v) is 11.5. The number of thioether (sulfide) groups is 1. The number of nitrogens with one attached hydrogen (secondary N) is 1. The van der Waals surface area contributed by atoms with Crippen molar-refractivity contribution in [1.82, 2.24) is 10.2 Å². The van der Waals surface area contributed by atoms with Gasteiger partial charge in [0, 0.05) is 23.9 Å². The molecule has 0 fully saturated rings. The Balaban J connectivity index is 2.09. The quantitative estimate of drug-likeness (QED) is 0.549. The second-order valence-electron chi connectivity index (χ2n) is 6.84. The SMILES string of the molecule is CCCNC(=O)[C@H](CC)N(Cc1ccc(Cl)cc1)C(=O)CSCc1ccccc1. The molecule has 4 nitrogen and oxygen atoms in total. The van der Waals surface area contributed by atoms with Gasteiger partial charge in [0.2, 0.25) is 11.8 Å². The summed E-state index contributed by atoms with van der Waals surface area (Å²) in [6, 6.07) is 17.0. The van der Waals surface area contributed by atoms with E-state index in [1.807, 2.05) is 56.3 Å². The van der Waals surface area contributed by atoms with Gasteiger partial charge in [0.25, 0.3) is 0 Å². The maximum Gasteiger partial charge on any atom is 0.242 e. The molecular weight excluding hydrogens is 404 g/mol. The lowest BCUT2D eigenvalue weighted by Crippen LogP contribution is -2.49. The Labute approximate surface area is 183 Å². The Hall–Kier alpha value is -1.98. The number of hydrogen-bond donors (Lipinski definition) is 1. The summed E-state index contributed by atoms with van der Waals surface area (Å²) < 4.78 is 0. The van der Waals surface area contributed by atoms with E-state index in [4.69, 9.17) is 11.6 Å². The average Bonchev–Trinajstić information content (AvgIpc) is 2.74. The van der Waals surface area contributed by atoms with Crippen molar-refractivity contribution in [3.8, 4) is 0 Å². The monoisotopic (exact) mass is 432 g/mol. The minimum Gasteiger partial charge on any atom is -0.354 e. The molecule has 0 aliphatic carbocycles. The molecule has 0 aliphatic rings. The van der Waals surface area contributed by atoms with E-state index < -0.39 is 6.04 Å². The molecule has 2 aromatic rings. The van der Waals surface area contributed by atoms with Crippen molar-refractivity contribution in [2.45, 2.75) is 45.0 Å². The van der Waals surface area contributed by atoms with Crippen LogP contribution < -0.4 is 5.32 Å². The number of rotatable bonds is 11. The lowest BCUT2D eigenvalue weighted by atomic mass is 10.1. The van der Waals surface area contributed by atoms with Crippen molar-refractivity contribution in [2.24, 2.45) is 0 Å². The normalized spacial score (nSPS) is 11.7. The van der Waals surface area contributed by atoms with Crippen LogP contribution in [0.25, 0.3) is 0 Å². The summed E-state index contributed by atoms with van der Waals surface area (Å²) in [6.45, 7) is 4.95. The average molecular weight is 433 g/mol. The summed E-state index contributed by atoms with van der Waals surface area (Å²) in [6.07, 6.45) is 1.43. The van der Waals surface area contributed by atoms with Crippen molar-refractivity contribution < 1.29 is 9.59 Å². The summed E-state index contributed by atoms with van der Waals surface area (Å²) in [5.74, 6) is 0.976. The van der Waals surface area contributed by atoms with E-state index in [0.717, 1.165) is 17.7 Å². The molecule has 0 aromatic heterocycles. The fourth-order valence-corrected chi connectivity index (χ4v) is 3.98. The van der Waals surface area contributed by atoms with Crippen LogP contribution in [-0.2, 0) is 21.9 Å². The third-order valence-corrected chi connectivity index (χ3v) is 5.78. The zero-order chi connectivity index (χ0) is 21.1. The van der Waals surface area contributed by atoms with Crippen LogP contribution >= 0.6 is 23.4 Å². The van der Waals surface area contributed by atoms with Crippen molar-refractivity contribution >= 4 is 35.2 Å². The van der Waals surface area contributed by atoms with Crippen molar-refractivity contribution in [3.05, 3.63) is 70.7 Å². The zero-order valence-electron chi connectivity index (χ0n) is 17.1. The van der Waals surface area contributed by atoms with Crippen molar-refractivity contribution in [3.63, 3.8) is 0 Å². The van der Waals surface area contributed by atoms with Gasteiger partial charge in [0.1, 0.15) is 6.04 Å². The van der Waals surface area contributed by atoms with Crippen molar-refractivity contribution in [2.75, 3.05) is 12.3 Å². The number of carbonyl (C=O) groups is 2. The maximum atomic E-state index is 13.1. The van der Waals surface area contributed by atoms with Gasteiger partial charge in [-0.25, -0.2) is 0 Å². The number of nitrogens with zero attached hydrogens (tertiary/aromatic N) is 1. The van der Waals surface area contributed by atoms with E-state index in [0.29, 0.717) is 30.3 Å². The maximum absolute atomic E-state index is 13.1. The third kappa shape index (κ3) is 7.75. The first-order chi connectivity index (χ1) is 14.0. The molecule has 2 amide bonds. The molecule has 6 heteroatoms. The Kier molecular flexibility index (Phi) is 10.1. The lowest BCUT2D eigenvalue weighted by Gasteiger charge is -2.30. The lowest BCUT2D eigenvalue weighted by molar-refractivity contribution is -0.139. The minimum absolute atomic E-state index is 0.0284. The van der Waals surface area contributed by atoms with Gasteiger partial charge in [0.15, 0.2) is 0 Å². The van der Waals surface area contributed by atoms with E-state index in [-0.39, 0.29) is 11.8 Å². The molecule has 156 valence electrons. The van der Waals surface area contributed by atoms with Crippen LogP contribution in [0.1, 0.15) is 37.8 Å². The number of carbonyl (C=O) groups excluding carboxylic acids is 2. The second-order valence-corrected chi connectivity index (χ2v) is 8.26.